The summed E-state index contributed by atoms with van der Waals surface area (Å²) in [5, 5.41) is 7.23. The second-order valence-corrected chi connectivity index (χ2v) is 9.25. The number of carbonyl (C=O) groups is 2. The van der Waals surface area contributed by atoms with Crippen molar-refractivity contribution in [3.05, 3.63) is 83.4 Å². The monoisotopic (exact) mass is 491 g/mol. The summed E-state index contributed by atoms with van der Waals surface area (Å²) in [6.45, 7) is 4.90. The van der Waals surface area contributed by atoms with Crippen LogP contribution in [0.1, 0.15) is 38.3 Å². The van der Waals surface area contributed by atoms with Gasteiger partial charge in [0.2, 0.25) is 11.8 Å². The SMILES string of the molecule is CC(=O)N1CCC(C(=O)Nc2cccc(C(C)Nc3ccccc3Oc3ccc(Cl)cc3)c2)CC1. The number of anilines is 2. The molecule has 1 atom stereocenters. The van der Waals surface area contributed by atoms with Gasteiger partial charge in [-0.05, 0) is 73.9 Å². The average Bonchev–Trinajstić information content (AvgIpc) is 2.86. The minimum absolute atomic E-state index is 0.00711. The number of amides is 2. The van der Waals surface area contributed by atoms with Gasteiger partial charge in [0.15, 0.2) is 5.75 Å². The Morgan fingerprint density at radius 3 is 2.43 bits per heavy atom. The van der Waals surface area contributed by atoms with E-state index in [2.05, 4.69) is 17.6 Å². The molecule has 2 amide bonds. The highest BCUT2D eigenvalue weighted by molar-refractivity contribution is 6.30. The molecule has 6 nitrogen and oxygen atoms in total. The number of hydrogen-bond donors (Lipinski definition) is 2. The van der Waals surface area contributed by atoms with Crippen molar-refractivity contribution >= 4 is 34.8 Å². The number of ether oxygens (including phenoxy) is 1. The van der Waals surface area contributed by atoms with E-state index in [1.165, 1.54) is 0 Å². The summed E-state index contributed by atoms with van der Waals surface area (Å²) < 4.78 is 6.06. The summed E-state index contributed by atoms with van der Waals surface area (Å²) in [4.78, 5) is 26.1. The Hall–Kier alpha value is -3.51. The number of rotatable bonds is 7. The third kappa shape index (κ3) is 6.55. The lowest BCUT2D eigenvalue weighted by Gasteiger charge is -2.30. The molecule has 3 aromatic carbocycles. The lowest BCUT2D eigenvalue weighted by Crippen LogP contribution is -2.40. The van der Waals surface area contributed by atoms with E-state index in [4.69, 9.17) is 16.3 Å². The number of likely N-dealkylation sites (tertiary alicyclic amines) is 1. The molecule has 0 spiro atoms. The molecule has 1 aliphatic heterocycles. The summed E-state index contributed by atoms with van der Waals surface area (Å²) in [6.07, 6.45) is 1.38. The predicted octanol–water partition coefficient (Wildman–Crippen LogP) is 6.50. The molecule has 182 valence electrons. The van der Waals surface area contributed by atoms with Gasteiger partial charge in [-0.25, -0.2) is 0 Å². The maximum atomic E-state index is 12.8. The maximum Gasteiger partial charge on any atom is 0.227 e. The van der Waals surface area contributed by atoms with Crippen molar-refractivity contribution in [3.63, 3.8) is 0 Å². The van der Waals surface area contributed by atoms with Crippen molar-refractivity contribution in [2.24, 2.45) is 5.92 Å². The highest BCUT2D eigenvalue weighted by Crippen LogP contribution is 2.33. The topological polar surface area (TPSA) is 70.7 Å². The van der Waals surface area contributed by atoms with Gasteiger partial charge in [-0.3, -0.25) is 9.59 Å². The van der Waals surface area contributed by atoms with Gasteiger partial charge < -0.3 is 20.3 Å². The molecule has 0 saturated carbocycles. The molecule has 0 aliphatic carbocycles. The highest BCUT2D eigenvalue weighted by atomic mass is 35.5. The van der Waals surface area contributed by atoms with Crippen molar-refractivity contribution in [2.75, 3.05) is 23.7 Å². The van der Waals surface area contributed by atoms with Crippen molar-refractivity contribution in [2.45, 2.75) is 32.7 Å². The van der Waals surface area contributed by atoms with Crippen molar-refractivity contribution in [1.29, 1.82) is 0 Å². The fourth-order valence-corrected chi connectivity index (χ4v) is 4.33. The third-order valence-corrected chi connectivity index (χ3v) is 6.52. The summed E-state index contributed by atoms with van der Waals surface area (Å²) in [7, 11) is 0. The molecule has 1 heterocycles. The Kier molecular flexibility index (Phi) is 7.93. The molecule has 2 N–H and O–H groups in total. The molecule has 0 aromatic heterocycles. The van der Waals surface area contributed by atoms with Crippen LogP contribution in [0.25, 0.3) is 0 Å². The summed E-state index contributed by atoms with van der Waals surface area (Å²) in [5.74, 6) is 1.41. The molecule has 35 heavy (non-hydrogen) atoms. The molecular formula is C28H30ClN3O3. The number of para-hydroxylation sites is 2. The molecule has 4 rings (SSSR count). The van der Waals surface area contributed by atoms with Gasteiger partial charge in [0, 0.05) is 42.7 Å². The number of hydrogen-bond acceptors (Lipinski definition) is 4. The second kappa shape index (κ2) is 11.3. The van der Waals surface area contributed by atoms with E-state index < -0.39 is 0 Å². The smallest absolute Gasteiger partial charge is 0.227 e. The zero-order valence-electron chi connectivity index (χ0n) is 20.0. The lowest BCUT2D eigenvalue weighted by molar-refractivity contribution is -0.132. The lowest BCUT2D eigenvalue weighted by atomic mass is 9.95. The van der Waals surface area contributed by atoms with Gasteiger partial charge >= 0.3 is 0 Å². The standard InChI is InChI=1S/C28H30ClN3O3/c1-19(30-26-8-3-4-9-27(26)35-25-12-10-23(29)11-13-25)22-6-5-7-24(18-22)31-28(34)21-14-16-32(17-15-21)20(2)33/h3-13,18-19,21,30H,14-17H2,1-2H3,(H,31,34). The van der Waals surface area contributed by atoms with Crippen molar-refractivity contribution < 1.29 is 14.3 Å². The summed E-state index contributed by atoms with van der Waals surface area (Å²) >= 11 is 5.98. The Bertz CT molecular complexity index is 1170. The quantitative estimate of drug-likeness (QED) is 0.395. The van der Waals surface area contributed by atoms with Gasteiger partial charge in [-0.15, -0.1) is 0 Å². The molecule has 1 fully saturated rings. The fourth-order valence-electron chi connectivity index (χ4n) is 4.21. The van der Waals surface area contributed by atoms with Gasteiger partial charge in [0.25, 0.3) is 0 Å². The highest BCUT2D eigenvalue weighted by Gasteiger charge is 2.26. The van der Waals surface area contributed by atoms with Crippen LogP contribution in [0, 0.1) is 5.92 Å². The van der Waals surface area contributed by atoms with Crippen LogP contribution in [0.4, 0.5) is 11.4 Å². The second-order valence-electron chi connectivity index (χ2n) is 8.81. The Labute approximate surface area is 211 Å². The number of benzene rings is 3. The van der Waals surface area contributed by atoms with E-state index in [0.717, 1.165) is 16.9 Å². The van der Waals surface area contributed by atoms with Crippen LogP contribution in [0.5, 0.6) is 11.5 Å². The van der Waals surface area contributed by atoms with Crippen LogP contribution in [-0.4, -0.2) is 29.8 Å². The predicted molar refractivity (Wildman–Crippen MR) is 140 cm³/mol. The van der Waals surface area contributed by atoms with Crippen molar-refractivity contribution in [1.82, 2.24) is 4.90 Å². The van der Waals surface area contributed by atoms with Crippen molar-refractivity contribution in [3.8, 4) is 11.5 Å². The van der Waals surface area contributed by atoms with Gasteiger partial charge in [-0.1, -0.05) is 35.9 Å². The van der Waals surface area contributed by atoms with Gasteiger partial charge in [0.1, 0.15) is 5.75 Å². The number of nitrogens with one attached hydrogen (secondary N) is 2. The van der Waals surface area contributed by atoms with Crippen LogP contribution >= 0.6 is 11.6 Å². The maximum absolute atomic E-state index is 12.8. The largest absolute Gasteiger partial charge is 0.455 e. The summed E-state index contributed by atoms with van der Waals surface area (Å²) in [6, 6.07) is 22.9. The molecule has 1 unspecified atom stereocenters. The zero-order valence-corrected chi connectivity index (χ0v) is 20.7. The molecule has 0 bridgehead atoms. The third-order valence-electron chi connectivity index (χ3n) is 6.27. The van der Waals surface area contributed by atoms with Crippen LogP contribution in [-0.2, 0) is 9.59 Å². The van der Waals surface area contributed by atoms with E-state index >= 15 is 0 Å². The van der Waals surface area contributed by atoms with E-state index in [9.17, 15) is 9.59 Å². The first-order valence-corrected chi connectivity index (χ1v) is 12.2. The number of nitrogens with zero attached hydrogens (tertiary/aromatic N) is 1. The molecule has 1 aliphatic rings. The van der Waals surface area contributed by atoms with Gasteiger partial charge in [-0.2, -0.15) is 0 Å². The van der Waals surface area contributed by atoms with Crippen LogP contribution < -0.4 is 15.4 Å². The Morgan fingerprint density at radius 1 is 1.00 bits per heavy atom. The fraction of sp³-hybridized carbons (Fsp3) is 0.286. The van der Waals surface area contributed by atoms with E-state index in [1.54, 1.807) is 24.0 Å². The van der Waals surface area contributed by atoms with Gasteiger partial charge in [0.05, 0.1) is 5.69 Å². The number of piperidine rings is 1. The Morgan fingerprint density at radius 2 is 1.71 bits per heavy atom. The van der Waals surface area contributed by atoms with E-state index in [1.807, 2.05) is 60.7 Å². The molecule has 0 radical (unpaired) electrons. The molecule has 3 aromatic rings. The Balaban J connectivity index is 1.40. The first kappa shape index (κ1) is 24.6. The first-order valence-electron chi connectivity index (χ1n) is 11.8. The minimum Gasteiger partial charge on any atom is -0.455 e. The summed E-state index contributed by atoms with van der Waals surface area (Å²) in [5.41, 5.74) is 2.66. The van der Waals surface area contributed by atoms with Crippen LogP contribution in [0.15, 0.2) is 72.8 Å². The number of carbonyl (C=O) groups excluding carboxylic acids is 2. The van der Waals surface area contributed by atoms with Crippen LogP contribution in [0.3, 0.4) is 0 Å². The van der Waals surface area contributed by atoms with E-state index in [-0.39, 0.29) is 23.8 Å². The molecule has 7 heteroatoms. The minimum atomic E-state index is -0.0818. The zero-order chi connectivity index (χ0) is 24.8. The average molecular weight is 492 g/mol. The normalized spacial score (nSPS) is 14.8. The van der Waals surface area contributed by atoms with E-state index in [0.29, 0.717) is 42.5 Å². The number of halogens is 1. The molecule has 1 saturated heterocycles. The first-order chi connectivity index (χ1) is 16.9. The molecular weight excluding hydrogens is 462 g/mol. The van der Waals surface area contributed by atoms with Crippen LogP contribution in [0.2, 0.25) is 5.02 Å².